The minimum absolute atomic E-state index is 0.0989. The molecule has 0 aliphatic carbocycles. The van der Waals surface area contributed by atoms with Crippen LogP contribution in [0.1, 0.15) is 31.6 Å². The first-order valence-corrected chi connectivity index (χ1v) is 8.64. The number of carbonyl (C=O) groups is 2. The van der Waals surface area contributed by atoms with E-state index in [1.165, 1.54) is 6.07 Å². The van der Waals surface area contributed by atoms with Gasteiger partial charge in [-0.25, -0.2) is 4.79 Å². The number of para-hydroxylation sites is 1. The Bertz CT molecular complexity index is 598. The Morgan fingerprint density at radius 3 is 2.52 bits per heavy atom. The molecule has 0 spiro atoms. The van der Waals surface area contributed by atoms with Gasteiger partial charge in [-0.2, -0.15) is 0 Å². The van der Waals surface area contributed by atoms with Crippen molar-refractivity contribution in [1.82, 2.24) is 10.6 Å². The number of hydrogen-bond donors (Lipinski definition) is 2. The minimum atomic E-state index is -0.926. The molecule has 2 N–H and O–H groups in total. The quantitative estimate of drug-likeness (QED) is 0.165. The van der Waals surface area contributed by atoms with Gasteiger partial charge in [-0.15, -0.1) is 0 Å². The molecule has 0 fully saturated rings. The second-order valence-electron chi connectivity index (χ2n) is 5.32. The smallest absolute Gasteiger partial charge is 0.407 e. The highest BCUT2D eigenvalue weighted by Gasteiger charge is 2.22. The molecule has 0 saturated carbocycles. The maximum atomic E-state index is 11.2. The van der Waals surface area contributed by atoms with Crippen LogP contribution in [-0.4, -0.2) is 50.3 Å². The van der Waals surface area contributed by atoms with Crippen LogP contribution < -0.4 is 10.6 Å². The van der Waals surface area contributed by atoms with Gasteiger partial charge in [0.25, 0.3) is 5.69 Å². The van der Waals surface area contributed by atoms with Gasteiger partial charge in [-0.05, 0) is 25.8 Å². The van der Waals surface area contributed by atoms with Crippen molar-refractivity contribution in [3.63, 3.8) is 0 Å². The number of nitro benzene ring substituents is 1. The number of carbonyl (C=O) groups excluding carboxylic acids is 2. The normalized spacial score (nSPS) is 11.4. The number of nitrogens with zero attached hydrogens (tertiary/aromatic N) is 1. The Morgan fingerprint density at radius 2 is 1.89 bits per heavy atom. The fourth-order valence-corrected chi connectivity index (χ4v) is 2.14. The Balaban J connectivity index is 2.59. The first-order valence-electron chi connectivity index (χ1n) is 8.64. The number of nitrogens with one attached hydrogen (secondary N) is 2. The molecule has 1 atom stereocenters. The van der Waals surface area contributed by atoms with Crippen molar-refractivity contribution in [2.45, 2.75) is 26.1 Å². The minimum Gasteiger partial charge on any atom is -0.450 e. The van der Waals surface area contributed by atoms with Crippen molar-refractivity contribution >= 4 is 18.2 Å². The summed E-state index contributed by atoms with van der Waals surface area (Å²) in [6, 6.07) is 6.18. The van der Waals surface area contributed by atoms with Crippen LogP contribution in [0.15, 0.2) is 24.3 Å². The summed E-state index contributed by atoms with van der Waals surface area (Å²) in [4.78, 5) is 32.2. The summed E-state index contributed by atoms with van der Waals surface area (Å²) in [6.45, 7) is 3.23. The van der Waals surface area contributed by atoms with E-state index in [0.717, 1.165) is 0 Å². The van der Waals surface area contributed by atoms with Crippen molar-refractivity contribution < 1.29 is 28.7 Å². The molecular formula is C17H25N3O7. The standard InChI is InChI=1S/C17H25N3O7/c1-2-25-17(22)19-10-6-12-27-16(26-11-5-9-18-13-21)14-7-3-4-8-15(14)20(23)24/h3-4,7-8,13,16H,2,5-6,9-12H2,1H3,(H,18,21)(H,19,22). The number of ether oxygens (including phenoxy) is 3. The van der Waals surface area contributed by atoms with E-state index in [0.29, 0.717) is 37.9 Å². The first kappa shape index (κ1) is 22.3. The maximum absolute atomic E-state index is 11.2. The van der Waals surface area contributed by atoms with E-state index >= 15 is 0 Å². The SMILES string of the molecule is CCOC(=O)NCCCOC(OCCCNC=O)c1ccccc1[N+](=O)[O-]. The van der Waals surface area contributed by atoms with Gasteiger partial charge in [0.15, 0.2) is 6.29 Å². The third-order valence-electron chi connectivity index (χ3n) is 3.34. The summed E-state index contributed by atoms with van der Waals surface area (Å²) in [5, 5.41) is 16.3. The number of benzene rings is 1. The molecule has 0 aromatic heterocycles. The van der Waals surface area contributed by atoms with Crippen LogP contribution in [0.4, 0.5) is 10.5 Å². The van der Waals surface area contributed by atoms with Crippen molar-refractivity contribution in [2.75, 3.05) is 32.9 Å². The highest BCUT2D eigenvalue weighted by Crippen LogP contribution is 2.28. The van der Waals surface area contributed by atoms with Crippen LogP contribution in [-0.2, 0) is 19.0 Å². The van der Waals surface area contributed by atoms with Gasteiger partial charge >= 0.3 is 6.09 Å². The van der Waals surface area contributed by atoms with E-state index in [2.05, 4.69) is 10.6 Å². The van der Waals surface area contributed by atoms with E-state index in [1.807, 2.05) is 0 Å². The zero-order valence-electron chi connectivity index (χ0n) is 15.2. The second kappa shape index (κ2) is 13.5. The molecule has 0 saturated heterocycles. The molecular weight excluding hydrogens is 358 g/mol. The molecule has 1 aromatic carbocycles. The molecule has 1 rings (SSSR count). The number of nitro groups is 1. The monoisotopic (exact) mass is 383 g/mol. The molecule has 10 nitrogen and oxygen atoms in total. The zero-order valence-corrected chi connectivity index (χ0v) is 15.2. The van der Waals surface area contributed by atoms with Gasteiger partial charge in [0.2, 0.25) is 6.41 Å². The van der Waals surface area contributed by atoms with E-state index < -0.39 is 17.3 Å². The molecule has 1 aromatic rings. The Labute approximate surface area is 157 Å². The van der Waals surface area contributed by atoms with Crippen molar-refractivity contribution in [2.24, 2.45) is 0 Å². The number of hydrogen-bond acceptors (Lipinski definition) is 7. The zero-order chi connectivity index (χ0) is 19.9. The van der Waals surface area contributed by atoms with Crippen LogP contribution in [0.25, 0.3) is 0 Å². The number of alkyl carbamates (subject to hydrolysis) is 1. The van der Waals surface area contributed by atoms with Crippen LogP contribution in [0.5, 0.6) is 0 Å². The highest BCUT2D eigenvalue weighted by molar-refractivity contribution is 5.66. The fourth-order valence-electron chi connectivity index (χ4n) is 2.14. The van der Waals surface area contributed by atoms with Gasteiger partial charge in [-0.1, -0.05) is 12.1 Å². The Hall–Kier alpha value is -2.72. The molecule has 2 amide bonds. The predicted molar refractivity (Wildman–Crippen MR) is 96.1 cm³/mol. The predicted octanol–water partition coefficient (Wildman–Crippen LogP) is 1.90. The lowest BCUT2D eigenvalue weighted by Crippen LogP contribution is -2.26. The lowest BCUT2D eigenvalue weighted by atomic mass is 10.1. The van der Waals surface area contributed by atoms with Gasteiger partial charge in [-0.3, -0.25) is 14.9 Å². The Morgan fingerprint density at radius 1 is 1.22 bits per heavy atom. The van der Waals surface area contributed by atoms with E-state index in [9.17, 15) is 19.7 Å². The largest absolute Gasteiger partial charge is 0.450 e. The molecule has 0 aliphatic heterocycles. The third kappa shape index (κ3) is 8.97. The summed E-state index contributed by atoms with van der Waals surface area (Å²) in [5.74, 6) is 0. The van der Waals surface area contributed by atoms with Crippen LogP contribution in [0.2, 0.25) is 0 Å². The van der Waals surface area contributed by atoms with Crippen molar-refractivity contribution in [3.05, 3.63) is 39.9 Å². The Kier molecular flexibility index (Phi) is 11.1. The van der Waals surface area contributed by atoms with Gasteiger partial charge in [0, 0.05) is 19.2 Å². The average molecular weight is 383 g/mol. The summed E-state index contributed by atoms with van der Waals surface area (Å²) < 4.78 is 16.0. The van der Waals surface area contributed by atoms with Crippen molar-refractivity contribution in [1.29, 1.82) is 0 Å². The molecule has 0 radical (unpaired) electrons. The lowest BCUT2D eigenvalue weighted by Gasteiger charge is -2.19. The molecule has 0 aliphatic rings. The topological polar surface area (TPSA) is 129 Å². The molecule has 0 heterocycles. The number of amides is 2. The third-order valence-corrected chi connectivity index (χ3v) is 3.34. The summed E-state index contributed by atoms with van der Waals surface area (Å²) in [7, 11) is 0. The highest BCUT2D eigenvalue weighted by atomic mass is 16.7. The summed E-state index contributed by atoms with van der Waals surface area (Å²) in [5.41, 5.74) is 0.211. The molecule has 27 heavy (non-hydrogen) atoms. The average Bonchev–Trinajstić information content (AvgIpc) is 2.66. The van der Waals surface area contributed by atoms with Gasteiger partial charge < -0.3 is 24.8 Å². The summed E-state index contributed by atoms with van der Waals surface area (Å²) >= 11 is 0. The lowest BCUT2D eigenvalue weighted by molar-refractivity contribution is -0.387. The van der Waals surface area contributed by atoms with Crippen LogP contribution in [0.3, 0.4) is 0 Å². The summed E-state index contributed by atoms with van der Waals surface area (Å²) in [6.07, 6.45) is 0.166. The first-order chi connectivity index (χ1) is 13.1. The van der Waals surface area contributed by atoms with Crippen LogP contribution in [0, 0.1) is 10.1 Å². The van der Waals surface area contributed by atoms with Crippen LogP contribution >= 0.6 is 0 Å². The van der Waals surface area contributed by atoms with Gasteiger partial charge in [0.1, 0.15) is 0 Å². The second-order valence-corrected chi connectivity index (χ2v) is 5.32. The molecule has 10 heteroatoms. The fraction of sp³-hybridized carbons (Fsp3) is 0.529. The molecule has 150 valence electrons. The van der Waals surface area contributed by atoms with E-state index in [-0.39, 0.29) is 25.5 Å². The maximum Gasteiger partial charge on any atom is 0.407 e. The van der Waals surface area contributed by atoms with E-state index in [1.54, 1.807) is 25.1 Å². The van der Waals surface area contributed by atoms with Crippen molar-refractivity contribution in [3.8, 4) is 0 Å². The molecule has 1 unspecified atom stereocenters. The molecule has 0 bridgehead atoms. The number of rotatable bonds is 14. The van der Waals surface area contributed by atoms with Gasteiger partial charge in [0.05, 0.1) is 30.3 Å². The van der Waals surface area contributed by atoms with E-state index in [4.69, 9.17) is 14.2 Å².